The zero-order chi connectivity index (χ0) is 14.7. The van der Waals surface area contributed by atoms with Crippen molar-refractivity contribution in [3.8, 4) is 11.5 Å². The van der Waals surface area contributed by atoms with Gasteiger partial charge in [0, 0.05) is 15.7 Å². The molecule has 0 aliphatic carbocycles. The minimum Gasteiger partial charge on any atom is -0.419 e. The number of aromatic nitrogens is 2. The summed E-state index contributed by atoms with van der Waals surface area (Å²) in [5, 5.41) is 11.4. The van der Waals surface area contributed by atoms with Gasteiger partial charge in [-0.1, -0.05) is 24.3 Å². The highest BCUT2D eigenvalue weighted by atomic mass is 79.9. The molecule has 0 spiro atoms. The number of hydrogen-bond acceptors (Lipinski definition) is 4. The molecule has 0 radical (unpaired) electrons. The van der Waals surface area contributed by atoms with Gasteiger partial charge in [0.05, 0.1) is 6.54 Å². The van der Waals surface area contributed by atoms with E-state index in [1.165, 1.54) is 5.56 Å². The molecule has 1 N–H and O–H groups in total. The van der Waals surface area contributed by atoms with E-state index in [1.807, 2.05) is 36.4 Å². The average molecular weight is 344 g/mol. The van der Waals surface area contributed by atoms with E-state index in [0.717, 1.165) is 15.7 Å². The van der Waals surface area contributed by atoms with Crippen molar-refractivity contribution < 1.29 is 4.42 Å². The Morgan fingerprint density at radius 3 is 2.67 bits per heavy atom. The highest BCUT2D eigenvalue weighted by molar-refractivity contribution is 9.10. The van der Waals surface area contributed by atoms with Crippen LogP contribution in [0.5, 0.6) is 0 Å². The molecule has 0 saturated heterocycles. The minimum absolute atomic E-state index is 0.488. The van der Waals surface area contributed by atoms with E-state index >= 15 is 0 Å². The number of aryl methyl sites for hydroxylation is 1. The second-order valence-electron chi connectivity index (χ2n) is 4.70. The van der Waals surface area contributed by atoms with Gasteiger partial charge in [0.15, 0.2) is 0 Å². The van der Waals surface area contributed by atoms with Gasteiger partial charge in [0.2, 0.25) is 11.8 Å². The summed E-state index contributed by atoms with van der Waals surface area (Å²) in [5.74, 6) is 1.09. The zero-order valence-electron chi connectivity index (χ0n) is 11.5. The third-order valence-electron chi connectivity index (χ3n) is 3.04. The normalized spacial score (nSPS) is 10.6. The molecule has 4 nitrogen and oxygen atoms in total. The Morgan fingerprint density at radius 1 is 1.10 bits per heavy atom. The van der Waals surface area contributed by atoms with Gasteiger partial charge in [0.25, 0.3) is 0 Å². The van der Waals surface area contributed by atoms with Gasteiger partial charge in [-0.3, -0.25) is 0 Å². The van der Waals surface area contributed by atoms with Crippen LogP contribution in [0.1, 0.15) is 11.5 Å². The molecule has 2 aromatic carbocycles. The first-order chi connectivity index (χ1) is 10.2. The molecule has 21 heavy (non-hydrogen) atoms. The highest BCUT2D eigenvalue weighted by Gasteiger charge is 2.08. The monoisotopic (exact) mass is 343 g/mol. The van der Waals surface area contributed by atoms with Gasteiger partial charge in [0.1, 0.15) is 0 Å². The van der Waals surface area contributed by atoms with Crippen molar-refractivity contribution in [1.82, 2.24) is 10.2 Å². The van der Waals surface area contributed by atoms with E-state index in [9.17, 15) is 0 Å². The predicted molar refractivity (Wildman–Crippen MR) is 85.9 cm³/mol. The van der Waals surface area contributed by atoms with Crippen molar-refractivity contribution in [2.45, 2.75) is 13.5 Å². The van der Waals surface area contributed by atoms with Crippen LogP contribution < -0.4 is 5.32 Å². The first-order valence-electron chi connectivity index (χ1n) is 6.60. The molecule has 3 aromatic rings. The number of nitrogens with one attached hydrogen (secondary N) is 1. The summed E-state index contributed by atoms with van der Waals surface area (Å²) in [5.41, 5.74) is 3.13. The molecule has 0 aliphatic rings. The lowest BCUT2D eigenvalue weighted by Crippen LogP contribution is -2.00. The van der Waals surface area contributed by atoms with Gasteiger partial charge in [-0.25, -0.2) is 0 Å². The molecule has 0 atom stereocenters. The Labute approximate surface area is 131 Å². The lowest BCUT2D eigenvalue weighted by Gasteiger charge is -2.06. The molecular formula is C16H14BrN3O. The Morgan fingerprint density at radius 2 is 1.90 bits per heavy atom. The summed E-state index contributed by atoms with van der Waals surface area (Å²) in [6, 6.07) is 15.9. The summed E-state index contributed by atoms with van der Waals surface area (Å²) in [6.45, 7) is 2.54. The summed E-state index contributed by atoms with van der Waals surface area (Å²) >= 11 is 3.53. The Hall–Kier alpha value is -2.14. The molecule has 1 heterocycles. The van der Waals surface area contributed by atoms with Crippen LogP contribution in [0.15, 0.2) is 57.4 Å². The smallest absolute Gasteiger partial charge is 0.247 e. The fourth-order valence-corrected chi connectivity index (χ4v) is 2.59. The molecule has 0 fully saturated rings. The molecule has 0 aliphatic heterocycles. The van der Waals surface area contributed by atoms with Crippen LogP contribution in [0.3, 0.4) is 0 Å². The molecule has 0 amide bonds. The van der Waals surface area contributed by atoms with E-state index in [1.54, 1.807) is 0 Å². The molecule has 3 rings (SSSR count). The maximum atomic E-state index is 5.65. The van der Waals surface area contributed by atoms with Crippen LogP contribution in [0.2, 0.25) is 0 Å². The van der Waals surface area contributed by atoms with Gasteiger partial charge in [-0.05, 0) is 52.7 Å². The molecular weight excluding hydrogens is 330 g/mol. The zero-order valence-corrected chi connectivity index (χ0v) is 13.1. The van der Waals surface area contributed by atoms with Crippen LogP contribution in [0.4, 0.5) is 5.69 Å². The number of rotatable bonds is 4. The maximum Gasteiger partial charge on any atom is 0.247 e. The number of benzene rings is 2. The number of nitrogens with zero attached hydrogens (tertiary/aromatic N) is 2. The van der Waals surface area contributed by atoms with Crippen molar-refractivity contribution in [3.63, 3.8) is 0 Å². The van der Waals surface area contributed by atoms with Gasteiger partial charge in [-0.2, -0.15) is 0 Å². The fourth-order valence-electron chi connectivity index (χ4n) is 1.96. The summed E-state index contributed by atoms with van der Waals surface area (Å²) in [6.07, 6.45) is 0. The van der Waals surface area contributed by atoms with Crippen molar-refractivity contribution in [1.29, 1.82) is 0 Å². The van der Waals surface area contributed by atoms with Crippen LogP contribution in [0, 0.1) is 6.92 Å². The number of anilines is 1. The lowest BCUT2D eigenvalue weighted by atomic mass is 10.2. The molecule has 5 heteroatoms. The largest absolute Gasteiger partial charge is 0.419 e. The third kappa shape index (κ3) is 3.31. The van der Waals surface area contributed by atoms with Crippen molar-refractivity contribution >= 4 is 21.6 Å². The van der Waals surface area contributed by atoms with Crippen LogP contribution in [0.25, 0.3) is 11.5 Å². The average Bonchev–Trinajstić information content (AvgIpc) is 2.96. The van der Waals surface area contributed by atoms with E-state index in [4.69, 9.17) is 4.42 Å². The van der Waals surface area contributed by atoms with Crippen LogP contribution >= 0.6 is 15.9 Å². The summed E-state index contributed by atoms with van der Waals surface area (Å²) in [7, 11) is 0. The second kappa shape index (κ2) is 6.10. The minimum atomic E-state index is 0.488. The fraction of sp³-hybridized carbons (Fsp3) is 0.125. The third-order valence-corrected chi connectivity index (χ3v) is 3.70. The van der Waals surface area contributed by atoms with Crippen molar-refractivity contribution in [3.05, 3.63) is 64.5 Å². The second-order valence-corrected chi connectivity index (χ2v) is 5.56. The van der Waals surface area contributed by atoms with E-state index < -0.39 is 0 Å². The van der Waals surface area contributed by atoms with Gasteiger partial charge >= 0.3 is 0 Å². The molecule has 0 bridgehead atoms. The van der Waals surface area contributed by atoms with E-state index in [-0.39, 0.29) is 0 Å². The van der Waals surface area contributed by atoms with Crippen molar-refractivity contribution in [2.24, 2.45) is 0 Å². The van der Waals surface area contributed by atoms with Crippen molar-refractivity contribution in [2.75, 3.05) is 5.32 Å². The Kier molecular flexibility index (Phi) is 4.01. The Bertz CT molecular complexity index is 740. The first kappa shape index (κ1) is 13.8. The van der Waals surface area contributed by atoms with Crippen LogP contribution in [-0.2, 0) is 6.54 Å². The van der Waals surface area contributed by atoms with E-state index in [0.29, 0.717) is 18.3 Å². The molecule has 1 aromatic heterocycles. The SMILES string of the molecule is Cc1ccc(NCc2nnc(-c3ccccc3)o2)c(Br)c1. The highest BCUT2D eigenvalue weighted by Crippen LogP contribution is 2.24. The molecule has 106 valence electrons. The molecule has 0 unspecified atom stereocenters. The standard InChI is InChI=1S/C16H14BrN3O/c1-11-7-8-14(13(17)9-11)18-10-15-19-20-16(21-15)12-5-3-2-4-6-12/h2-9,18H,10H2,1H3. The summed E-state index contributed by atoms with van der Waals surface area (Å²) < 4.78 is 6.67. The van der Waals surface area contributed by atoms with Gasteiger partial charge < -0.3 is 9.73 Å². The maximum absolute atomic E-state index is 5.65. The first-order valence-corrected chi connectivity index (χ1v) is 7.39. The van der Waals surface area contributed by atoms with E-state index in [2.05, 4.69) is 50.5 Å². The molecule has 0 saturated carbocycles. The predicted octanol–water partition coefficient (Wildman–Crippen LogP) is 4.42. The Balaban J connectivity index is 1.70. The lowest BCUT2D eigenvalue weighted by molar-refractivity contribution is 0.515. The topological polar surface area (TPSA) is 51.0 Å². The van der Waals surface area contributed by atoms with Crippen LogP contribution in [-0.4, -0.2) is 10.2 Å². The quantitative estimate of drug-likeness (QED) is 0.761. The van der Waals surface area contributed by atoms with Gasteiger partial charge in [-0.15, -0.1) is 10.2 Å². The number of halogens is 1. The number of hydrogen-bond donors (Lipinski definition) is 1. The summed E-state index contributed by atoms with van der Waals surface area (Å²) in [4.78, 5) is 0.